The fraction of sp³-hybridized carbons (Fsp3) is 0.348. The first-order valence-electron chi connectivity index (χ1n) is 10.2. The van der Waals surface area contributed by atoms with E-state index in [1.165, 1.54) is 17.0 Å². The maximum atomic E-state index is 13.4. The molecule has 154 valence electrons. The Bertz CT molecular complexity index is 1040. The van der Waals surface area contributed by atoms with Gasteiger partial charge in [0.1, 0.15) is 5.82 Å². The average molecular weight is 427 g/mol. The first-order valence-corrected chi connectivity index (χ1v) is 10.5. The minimum Gasteiger partial charge on any atom is -0.310 e. The van der Waals surface area contributed by atoms with Crippen molar-refractivity contribution in [1.29, 1.82) is 0 Å². The van der Waals surface area contributed by atoms with E-state index < -0.39 is 11.2 Å². The SMILES string of the molecule is O=C1c2ccccc2C(=O)N1C1CCC2(CC1)CCN(c1ccc(F)cc1Cl)C2=O. The molecule has 1 aliphatic carbocycles. The maximum absolute atomic E-state index is 13.4. The lowest BCUT2D eigenvalue weighted by Crippen LogP contribution is -2.46. The maximum Gasteiger partial charge on any atom is 0.261 e. The van der Waals surface area contributed by atoms with Crippen molar-refractivity contribution >= 4 is 35.0 Å². The molecule has 1 saturated carbocycles. The van der Waals surface area contributed by atoms with Crippen molar-refractivity contribution in [3.05, 3.63) is 64.4 Å². The number of hydrogen-bond acceptors (Lipinski definition) is 3. The summed E-state index contributed by atoms with van der Waals surface area (Å²) in [6.07, 6.45) is 3.11. The number of fused-ring (bicyclic) bond motifs is 1. The standard InChI is InChI=1S/C23H20ClFN2O3/c24-18-13-14(25)5-6-19(18)26-12-11-23(22(26)30)9-7-15(8-10-23)27-20(28)16-3-1-2-4-17(16)21(27)29/h1-6,13,15H,7-12H2. The van der Waals surface area contributed by atoms with Crippen molar-refractivity contribution < 1.29 is 18.8 Å². The Balaban J connectivity index is 1.32. The molecule has 2 fully saturated rings. The Morgan fingerprint density at radius 3 is 2.17 bits per heavy atom. The second kappa shape index (κ2) is 6.91. The summed E-state index contributed by atoms with van der Waals surface area (Å²) in [5.74, 6) is -0.925. The fourth-order valence-corrected chi connectivity index (χ4v) is 5.44. The molecule has 0 radical (unpaired) electrons. The lowest BCUT2D eigenvalue weighted by molar-refractivity contribution is -0.127. The number of carbonyl (C=O) groups excluding carboxylic acids is 3. The first kappa shape index (κ1) is 19.2. The molecule has 30 heavy (non-hydrogen) atoms. The summed E-state index contributed by atoms with van der Waals surface area (Å²) in [7, 11) is 0. The second-order valence-corrected chi connectivity index (χ2v) is 8.75. The zero-order chi connectivity index (χ0) is 21.0. The van der Waals surface area contributed by atoms with Crippen molar-refractivity contribution in [2.45, 2.75) is 38.1 Å². The number of hydrogen-bond donors (Lipinski definition) is 0. The molecule has 2 aromatic rings. The summed E-state index contributed by atoms with van der Waals surface area (Å²) in [6, 6.07) is 10.8. The molecule has 0 aromatic heterocycles. The molecular formula is C23H20ClFN2O3. The molecule has 2 heterocycles. The van der Waals surface area contributed by atoms with Gasteiger partial charge in [-0.3, -0.25) is 19.3 Å². The van der Waals surface area contributed by atoms with Gasteiger partial charge in [-0.25, -0.2) is 4.39 Å². The van der Waals surface area contributed by atoms with Gasteiger partial charge in [-0.2, -0.15) is 0 Å². The summed E-state index contributed by atoms with van der Waals surface area (Å²) < 4.78 is 13.4. The molecule has 2 aromatic carbocycles. The number of halogens is 2. The number of imide groups is 1. The van der Waals surface area contributed by atoms with Crippen molar-refractivity contribution in [3.8, 4) is 0 Å². The van der Waals surface area contributed by atoms with Gasteiger partial charge in [-0.1, -0.05) is 23.7 Å². The zero-order valence-electron chi connectivity index (χ0n) is 16.2. The highest BCUT2D eigenvalue weighted by molar-refractivity contribution is 6.34. The Kier molecular flexibility index (Phi) is 4.43. The van der Waals surface area contributed by atoms with Crippen LogP contribution in [0.25, 0.3) is 0 Å². The van der Waals surface area contributed by atoms with Crippen LogP contribution >= 0.6 is 11.6 Å². The van der Waals surface area contributed by atoms with E-state index in [1.807, 2.05) is 0 Å². The molecule has 3 amide bonds. The predicted octanol–water partition coefficient (Wildman–Crippen LogP) is 4.44. The molecule has 0 bridgehead atoms. The van der Waals surface area contributed by atoms with Crippen molar-refractivity contribution in [2.75, 3.05) is 11.4 Å². The van der Waals surface area contributed by atoms with Crippen LogP contribution in [0, 0.1) is 11.2 Å². The molecule has 2 aliphatic heterocycles. The topological polar surface area (TPSA) is 57.7 Å². The molecule has 1 saturated heterocycles. The van der Waals surface area contributed by atoms with Crippen molar-refractivity contribution in [3.63, 3.8) is 0 Å². The summed E-state index contributed by atoms with van der Waals surface area (Å²) in [6.45, 7) is 0.530. The first-order chi connectivity index (χ1) is 14.4. The highest BCUT2D eigenvalue weighted by atomic mass is 35.5. The summed E-state index contributed by atoms with van der Waals surface area (Å²) in [4.78, 5) is 41.8. The number of benzene rings is 2. The number of rotatable bonds is 2. The lowest BCUT2D eigenvalue weighted by Gasteiger charge is -2.38. The lowest BCUT2D eigenvalue weighted by atomic mass is 9.71. The van der Waals surface area contributed by atoms with Gasteiger partial charge in [0, 0.05) is 12.6 Å². The highest BCUT2D eigenvalue weighted by Crippen LogP contribution is 2.48. The number of nitrogens with zero attached hydrogens (tertiary/aromatic N) is 2. The quantitative estimate of drug-likeness (QED) is 0.667. The van der Waals surface area contributed by atoms with Crippen LogP contribution in [0.5, 0.6) is 0 Å². The van der Waals surface area contributed by atoms with Crippen LogP contribution in [-0.4, -0.2) is 35.2 Å². The normalized spacial score (nSPS) is 26.1. The van der Waals surface area contributed by atoms with E-state index in [0.717, 1.165) is 0 Å². The van der Waals surface area contributed by atoms with E-state index in [4.69, 9.17) is 11.6 Å². The van der Waals surface area contributed by atoms with Gasteiger partial charge in [0.15, 0.2) is 0 Å². The zero-order valence-corrected chi connectivity index (χ0v) is 17.0. The van der Waals surface area contributed by atoms with E-state index in [0.29, 0.717) is 55.5 Å². The molecule has 5 rings (SSSR count). The summed E-state index contributed by atoms with van der Waals surface area (Å²) >= 11 is 6.17. The number of anilines is 1. The van der Waals surface area contributed by atoms with Crippen LogP contribution in [0.4, 0.5) is 10.1 Å². The van der Waals surface area contributed by atoms with Crippen LogP contribution < -0.4 is 4.90 Å². The van der Waals surface area contributed by atoms with Gasteiger partial charge >= 0.3 is 0 Å². The average Bonchev–Trinajstić information content (AvgIpc) is 3.18. The van der Waals surface area contributed by atoms with Gasteiger partial charge in [-0.15, -0.1) is 0 Å². The Morgan fingerprint density at radius 1 is 0.933 bits per heavy atom. The molecule has 0 N–H and O–H groups in total. The fourth-order valence-electron chi connectivity index (χ4n) is 5.17. The molecule has 3 aliphatic rings. The largest absolute Gasteiger partial charge is 0.310 e. The Morgan fingerprint density at radius 2 is 1.57 bits per heavy atom. The molecule has 7 heteroatoms. The molecule has 5 nitrogen and oxygen atoms in total. The van der Waals surface area contributed by atoms with Crippen LogP contribution in [0.15, 0.2) is 42.5 Å². The van der Waals surface area contributed by atoms with Crippen LogP contribution in [0.2, 0.25) is 5.02 Å². The minimum atomic E-state index is -0.507. The Labute approximate surface area is 178 Å². The second-order valence-electron chi connectivity index (χ2n) is 8.34. The Hall–Kier alpha value is -2.73. The van der Waals surface area contributed by atoms with E-state index >= 15 is 0 Å². The monoisotopic (exact) mass is 426 g/mol. The van der Waals surface area contributed by atoms with Crippen LogP contribution in [0.3, 0.4) is 0 Å². The smallest absolute Gasteiger partial charge is 0.261 e. The molecule has 0 unspecified atom stereocenters. The molecule has 1 spiro atoms. The molecular weight excluding hydrogens is 407 g/mol. The summed E-state index contributed by atoms with van der Waals surface area (Å²) in [5, 5.41) is 0.222. The van der Waals surface area contributed by atoms with Crippen molar-refractivity contribution in [2.24, 2.45) is 5.41 Å². The third kappa shape index (κ3) is 2.77. The summed E-state index contributed by atoms with van der Waals surface area (Å²) in [5.41, 5.74) is 0.934. The molecule has 0 atom stereocenters. The van der Waals surface area contributed by atoms with E-state index in [1.54, 1.807) is 35.2 Å². The van der Waals surface area contributed by atoms with Crippen molar-refractivity contribution in [1.82, 2.24) is 4.90 Å². The third-order valence-corrected chi connectivity index (χ3v) is 7.12. The van der Waals surface area contributed by atoms with Gasteiger partial charge < -0.3 is 4.90 Å². The van der Waals surface area contributed by atoms with Gasteiger partial charge in [0.2, 0.25) is 5.91 Å². The van der Waals surface area contributed by atoms with Crippen LogP contribution in [0.1, 0.15) is 52.8 Å². The number of amides is 3. The minimum absolute atomic E-state index is 0.00295. The van der Waals surface area contributed by atoms with E-state index in [-0.39, 0.29) is 28.8 Å². The van der Waals surface area contributed by atoms with Gasteiger partial charge in [0.25, 0.3) is 11.8 Å². The third-order valence-electron chi connectivity index (χ3n) is 6.82. The van der Waals surface area contributed by atoms with Gasteiger partial charge in [0.05, 0.1) is 27.3 Å². The highest BCUT2D eigenvalue weighted by Gasteiger charge is 2.51. The van der Waals surface area contributed by atoms with Gasteiger partial charge in [-0.05, 0) is 62.4 Å². The van der Waals surface area contributed by atoms with E-state index in [2.05, 4.69) is 0 Å². The van der Waals surface area contributed by atoms with Crippen LogP contribution in [-0.2, 0) is 4.79 Å². The van der Waals surface area contributed by atoms with E-state index in [9.17, 15) is 18.8 Å². The number of carbonyl (C=O) groups is 3. The predicted molar refractivity (Wildman–Crippen MR) is 110 cm³/mol.